The van der Waals surface area contributed by atoms with Gasteiger partial charge < -0.3 is 10.1 Å². The minimum absolute atomic E-state index is 0.0412. The second kappa shape index (κ2) is 9.05. The van der Waals surface area contributed by atoms with E-state index in [9.17, 15) is 4.79 Å². The van der Waals surface area contributed by atoms with Crippen molar-refractivity contribution in [1.82, 2.24) is 4.98 Å². The number of anilines is 2. The number of nitrogens with one attached hydrogen (secondary N) is 2. The van der Waals surface area contributed by atoms with E-state index in [1.54, 1.807) is 0 Å². The van der Waals surface area contributed by atoms with Gasteiger partial charge in [0.25, 0.3) is 5.91 Å². The van der Waals surface area contributed by atoms with Gasteiger partial charge in [-0.05, 0) is 63.4 Å². The first-order valence-corrected chi connectivity index (χ1v) is 10.4. The van der Waals surface area contributed by atoms with Crippen molar-refractivity contribution < 1.29 is 9.53 Å². The third kappa shape index (κ3) is 5.12. The molecule has 0 spiro atoms. The Morgan fingerprint density at radius 1 is 1.21 bits per heavy atom. The molecule has 0 saturated carbocycles. The minimum Gasteiger partial charge on any atom is -0.484 e. The smallest absolute Gasteiger partial charge is 0.262 e. The fraction of sp³-hybridized carbons (Fsp3) is 0.318. The summed E-state index contributed by atoms with van der Waals surface area (Å²) in [6, 6.07) is 9.62. The summed E-state index contributed by atoms with van der Waals surface area (Å²) >= 11 is 1.53. The highest BCUT2D eigenvalue weighted by Gasteiger charge is 2.15. The lowest BCUT2D eigenvalue weighted by molar-refractivity contribution is -0.118. The zero-order chi connectivity index (χ0) is 21.0. The van der Waals surface area contributed by atoms with Crippen molar-refractivity contribution >= 4 is 44.0 Å². The lowest BCUT2D eigenvalue weighted by Gasteiger charge is -2.13. The van der Waals surface area contributed by atoms with E-state index in [-0.39, 0.29) is 12.5 Å². The van der Waals surface area contributed by atoms with Crippen molar-refractivity contribution in [3.63, 3.8) is 0 Å². The molecule has 1 amide bonds. The summed E-state index contributed by atoms with van der Waals surface area (Å²) in [5.41, 5.74) is 8.83. The van der Waals surface area contributed by atoms with Crippen LogP contribution in [0.1, 0.15) is 37.0 Å². The molecule has 3 rings (SSSR count). The number of hydrazone groups is 1. The van der Waals surface area contributed by atoms with E-state index in [2.05, 4.69) is 27.8 Å². The van der Waals surface area contributed by atoms with Crippen molar-refractivity contribution in [3.8, 4) is 5.75 Å². The predicted molar refractivity (Wildman–Crippen MR) is 121 cm³/mol. The number of benzene rings is 2. The molecule has 0 aliphatic heterocycles. The molecule has 0 aliphatic rings. The Labute approximate surface area is 175 Å². The van der Waals surface area contributed by atoms with E-state index in [0.717, 1.165) is 49.9 Å². The minimum atomic E-state index is -0.192. The highest BCUT2D eigenvalue weighted by atomic mass is 32.1. The van der Waals surface area contributed by atoms with E-state index >= 15 is 0 Å². The normalized spacial score (nSPS) is 11.6. The van der Waals surface area contributed by atoms with E-state index in [0.29, 0.717) is 5.75 Å². The molecule has 152 valence electrons. The summed E-state index contributed by atoms with van der Waals surface area (Å²) in [6.07, 6.45) is 0.886. The number of aryl methyl sites for hydroxylation is 3. The monoisotopic (exact) mass is 410 g/mol. The van der Waals surface area contributed by atoms with Gasteiger partial charge in [-0.3, -0.25) is 10.2 Å². The first-order valence-electron chi connectivity index (χ1n) is 9.56. The maximum absolute atomic E-state index is 12.4. The van der Waals surface area contributed by atoms with Gasteiger partial charge in [0.05, 0.1) is 10.2 Å². The molecular formula is C22H26N4O2S. The number of thiazole rings is 1. The average Bonchev–Trinajstić information content (AvgIpc) is 3.11. The Kier molecular flexibility index (Phi) is 6.49. The number of fused-ring (bicyclic) bond motifs is 1. The number of carbonyl (C=O) groups excluding carboxylic acids is 1. The summed E-state index contributed by atoms with van der Waals surface area (Å²) in [6.45, 7) is 9.96. The van der Waals surface area contributed by atoms with E-state index in [4.69, 9.17) is 4.74 Å². The molecule has 0 saturated heterocycles. The second-order valence-electron chi connectivity index (χ2n) is 7.02. The Balaban J connectivity index is 1.74. The van der Waals surface area contributed by atoms with Crippen LogP contribution in [0, 0.1) is 20.8 Å². The van der Waals surface area contributed by atoms with Gasteiger partial charge in [0.2, 0.25) is 5.13 Å². The molecule has 0 bridgehead atoms. The molecule has 2 N–H and O–H groups in total. The van der Waals surface area contributed by atoms with E-state index in [1.807, 2.05) is 58.0 Å². The molecule has 7 heteroatoms. The summed E-state index contributed by atoms with van der Waals surface area (Å²) in [4.78, 5) is 17.0. The molecular weight excluding hydrogens is 384 g/mol. The van der Waals surface area contributed by atoms with Gasteiger partial charge in [0, 0.05) is 11.4 Å². The van der Waals surface area contributed by atoms with Crippen LogP contribution in [-0.2, 0) is 4.79 Å². The van der Waals surface area contributed by atoms with Crippen LogP contribution < -0.4 is 15.5 Å². The van der Waals surface area contributed by atoms with Crippen LogP contribution in [0.5, 0.6) is 5.75 Å². The van der Waals surface area contributed by atoms with Crippen molar-refractivity contribution in [3.05, 3.63) is 47.0 Å². The van der Waals surface area contributed by atoms with Crippen LogP contribution in [0.4, 0.5) is 10.8 Å². The van der Waals surface area contributed by atoms with Crippen LogP contribution in [0.3, 0.4) is 0 Å². The summed E-state index contributed by atoms with van der Waals surface area (Å²) < 4.78 is 6.61. The highest BCUT2D eigenvalue weighted by Crippen LogP contribution is 2.35. The number of carbonyl (C=O) groups is 1. The number of nitrogens with zero attached hydrogens (tertiary/aromatic N) is 2. The Bertz CT molecular complexity index is 1050. The summed E-state index contributed by atoms with van der Waals surface area (Å²) in [7, 11) is 0. The van der Waals surface area contributed by atoms with Crippen molar-refractivity contribution in [2.75, 3.05) is 17.3 Å². The Hall–Kier alpha value is -2.93. The molecule has 0 atom stereocenters. The van der Waals surface area contributed by atoms with Crippen LogP contribution in [0.25, 0.3) is 10.2 Å². The second-order valence-corrected chi connectivity index (χ2v) is 8.02. The van der Waals surface area contributed by atoms with Crippen molar-refractivity contribution in [2.45, 2.75) is 41.0 Å². The number of hydrogen-bond donors (Lipinski definition) is 2. The maximum atomic E-state index is 12.4. The molecule has 1 aromatic heterocycles. The molecule has 2 aromatic carbocycles. The maximum Gasteiger partial charge on any atom is 0.262 e. The fourth-order valence-corrected chi connectivity index (χ4v) is 3.70. The number of ether oxygens (including phenoxy) is 1. The zero-order valence-corrected chi connectivity index (χ0v) is 18.2. The van der Waals surface area contributed by atoms with Crippen molar-refractivity contribution in [1.29, 1.82) is 0 Å². The lowest BCUT2D eigenvalue weighted by Crippen LogP contribution is -2.21. The standard InChI is InChI=1S/C22H26N4O2S/c1-6-15(4)25-26-22-23-18-11-14(3)20(16(5)21(18)29-22)24-19(27)12-28-17-9-7-13(2)8-10-17/h7-11H,6,12H2,1-5H3,(H,23,26)(H,24,27)/b25-15+. The highest BCUT2D eigenvalue weighted by molar-refractivity contribution is 7.22. The van der Waals surface area contributed by atoms with Gasteiger partial charge in [0.1, 0.15) is 5.75 Å². The van der Waals surface area contributed by atoms with Crippen LogP contribution in [-0.4, -0.2) is 23.2 Å². The third-order valence-electron chi connectivity index (χ3n) is 4.63. The van der Waals surface area contributed by atoms with Gasteiger partial charge in [-0.2, -0.15) is 5.10 Å². The molecule has 3 aromatic rings. The van der Waals surface area contributed by atoms with Gasteiger partial charge in [-0.25, -0.2) is 4.98 Å². The molecule has 6 nitrogen and oxygen atoms in total. The SMILES string of the molecule is CC/C(C)=N/Nc1nc2cc(C)c(NC(=O)COc3ccc(C)cc3)c(C)c2s1. The van der Waals surface area contributed by atoms with E-state index < -0.39 is 0 Å². The summed E-state index contributed by atoms with van der Waals surface area (Å²) in [5.74, 6) is 0.484. The van der Waals surface area contributed by atoms with Crippen LogP contribution in [0.15, 0.2) is 35.4 Å². The Morgan fingerprint density at radius 3 is 2.62 bits per heavy atom. The largest absolute Gasteiger partial charge is 0.484 e. The first-order chi connectivity index (χ1) is 13.9. The zero-order valence-electron chi connectivity index (χ0n) is 17.4. The van der Waals surface area contributed by atoms with Crippen LogP contribution in [0.2, 0.25) is 0 Å². The van der Waals surface area contributed by atoms with Gasteiger partial charge >= 0.3 is 0 Å². The lowest BCUT2D eigenvalue weighted by atomic mass is 10.1. The average molecular weight is 411 g/mol. The Morgan fingerprint density at radius 2 is 1.93 bits per heavy atom. The number of hydrogen-bond acceptors (Lipinski definition) is 6. The van der Waals surface area contributed by atoms with Crippen LogP contribution >= 0.6 is 11.3 Å². The predicted octanol–water partition coefficient (Wildman–Crippen LogP) is 5.44. The topological polar surface area (TPSA) is 75.6 Å². The van der Waals surface area contributed by atoms with E-state index in [1.165, 1.54) is 11.3 Å². The van der Waals surface area contributed by atoms with Gasteiger partial charge in [-0.1, -0.05) is 36.0 Å². The quantitative estimate of drug-likeness (QED) is 0.402. The number of rotatable bonds is 7. The number of amides is 1. The molecule has 0 unspecified atom stereocenters. The molecule has 0 aliphatic carbocycles. The van der Waals surface area contributed by atoms with Gasteiger partial charge in [-0.15, -0.1) is 0 Å². The molecule has 1 heterocycles. The summed E-state index contributed by atoms with van der Waals surface area (Å²) in [5, 5.41) is 8.04. The molecule has 0 fully saturated rings. The number of aromatic nitrogens is 1. The molecule has 0 radical (unpaired) electrons. The molecule has 29 heavy (non-hydrogen) atoms. The van der Waals surface area contributed by atoms with Gasteiger partial charge in [0.15, 0.2) is 6.61 Å². The van der Waals surface area contributed by atoms with Crippen molar-refractivity contribution in [2.24, 2.45) is 5.10 Å². The fourth-order valence-electron chi connectivity index (χ4n) is 2.81. The first kappa shape index (κ1) is 20.8. The third-order valence-corrected chi connectivity index (χ3v) is 5.72.